The summed E-state index contributed by atoms with van der Waals surface area (Å²) < 4.78 is 0. The number of halogens is 2. The van der Waals surface area contributed by atoms with Crippen LogP contribution < -0.4 is 15.5 Å². The third kappa shape index (κ3) is 4.62. The topological polar surface area (TPSA) is 74.3 Å². The number of carbonyl (C=O) groups is 2. The molecule has 8 heteroatoms. The Bertz CT molecular complexity index is 1280. The highest BCUT2D eigenvalue weighted by Crippen LogP contribution is 2.38. The lowest BCUT2D eigenvalue weighted by molar-refractivity contribution is 0.0957. The van der Waals surface area contributed by atoms with Crippen LogP contribution >= 0.6 is 23.2 Å². The molecular weight excluding hydrogens is 459 g/mol. The number of nitrogens with one attached hydrogen (secondary N) is 2. The number of hydrogen-bond acceptors (Lipinski definition) is 3. The fraction of sp³-hybridized carbons (Fsp3) is 0.0800. The van der Waals surface area contributed by atoms with Crippen molar-refractivity contribution in [1.29, 1.82) is 0 Å². The normalized spacial score (nSPS) is 10.6. The van der Waals surface area contributed by atoms with E-state index in [9.17, 15) is 9.59 Å². The first-order valence-electron chi connectivity index (χ1n) is 10.3. The third-order valence-corrected chi connectivity index (χ3v) is 5.70. The Morgan fingerprint density at radius 2 is 1.48 bits per heavy atom. The summed E-state index contributed by atoms with van der Waals surface area (Å²) in [5, 5.41) is 6.14. The van der Waals surface area contributed by atoms with Gasteiger partial charge in [-0.1, -0.05) is 65.7 Å². The first kappa shape index (κ1) is 22.6. The molecule has 4 aromatic rings. The monoisotopic (exact) mass is 478 g/mol. The molecule has 3 aromatic carbocycles. The van der Waals surface area contributed by atoms with Crippen molar-refractivity contribution in [2.45, 2.75) is 6.92 Å². The molecule has 3 amide bonds. The number of anilines is 3. The van der Waals surface area contributed by atoms with E-state index in [0.717, 1.165) is 0 Å². The van der Waals surface area contributed by atoms with Crippen molar-refractivity contribution in [2.24, 2.45) is 0 Å². The van der Waals surface area contributed by atoms with E-state index >= 15 is 0 Å². The Morgan fingerprint density at radius 3 is 2.06 bits per heavy atom. The van der Waals surface area contributed by atoms with Gasteiger partial charge >= 0.3 is 6.03 Å². The summed E-state index contributed by atoms with van der Waals surface area (Å²) in [6, 6.07) is 23.0. The van der Waals surface area contributed by atoms with Gasteiger partial charge < -0.3 is 10.6 Å². The lowest BCUT2D eigenvalue weighted by atomic mass is 10.1. The zero-order valence-corrected chi connectivity index (χ0v) is 19.2. The van der Waals surface area contributed by atoms with Gasteiger partial charge in [0.05, 0.1) is 28.1 Å². The summed E-state index contributed by atoms with van der Waals surface area (Å²) in [5.41, 5.74) is 2.31. The Hall–Kier alpha value is -3.61. The van der Waals surface area contributed by atoms with E-state index in [4.69, 9.17) is 23.2 Å². The van der Waals surface area contributed by atoms with E-state index in [1.54, 1.807) is 18.2 Å². The summed E-state index contributed by atoms with van der Waals surface area (Å²) in [4.78, 5) is 32.2. The number of rotatable bonds is 5. The van der Waals surface area contributed by atoms with Gasteiger partial charge in [0, 0.05) is 11.9 Å². The van der Waals surface area contributed by atoms with Crippen molar-refractivity contribution >= 4 is 63.1 Å². The predicted molar refractivity (Wildman–Crippen MR) is 134 cm³/mol. The molecule has 4 rings (SSSR count). The molecular formula is C25H20Cl2N4O2. The second-order valence-electron chi connectivity index (χ2n) is 7.09. The van der Waals surface area contributed by atoms with Gasteiger partial charge in [-0.05, 0) is 43.3 Å². The molecule has 0 aliphatic carbocycles. The maximum Gasteiger partial charge on any atom is 0.331 e. The molecule has 0 radical (unpaired) electrons. The summed E-state index contributed by atoms with van der Waals surface area (Å²) in [7, 11) is 0. The van der Waals surface area contributed by atoms with E-state index < -0.39 is 6.03 Å². The Kier molecular flexibility index (Phi) is 6.77. The molecule has 0 saturated carbocycles. The van der Waals surface area contributed by atoms with Crippen molar-refractivity contribution in [3.8, 4) is 0 Å². The van der Waals surface area contributed by atoms with Crippen molar-refractivity contribution in [1.82, 2.24) is 10.3 Å². The molecule has 166 valence electrons. The standard InChI is InChI=1S/C25H20Cl2N4O2/c1-2-28-24(32)18-14-9-15-19-20(18)22(21(26)23(27)29-19)30-25(33)31(16-10-5-3-6-11-16)17-12-7-4-8-13-17/h3-15H,2H2,1H3,(H,28,32)(H,29,30,33). The van der Waals surface area contributed by atoms with Gasteiger partial charge in [-0.15, -0.1) is 0 Å². The molecule has 0 fully saturated rings. The van der Waals surface area contributed by atoms with E-state index in [-0.39, 0.29) is 21.8 Å². The highest BCUT2D eigenvalue weighted by Gasteiger charge is 2.24. The number of carbonyl (C=O) groups excluding carboxylic acids is 2. The Labute approximate surface area is 201 Å². The first-order chi connectivity index (χ1) is 16.0. The summed E-state index contributed by atoms with van der Waals surface area (Å²) in [6.45, 7) is 2.27. The molecule has 33 heavy (non-hydrogen) atoms. The number of fused-ring (bicyclic) bond motifs is 1. The lowest BCUT2D eigenvalue weighted by Crippen LogP contribution is -2.31. The molecule has 6 nitrogen and oxygen atoms in total. The van der Waals surface area contributed by atoms with Crippen LogP contribution in [0.3, 0.4) is 0 Å². The number of benzene rings is 3. The number of nitrogens with zero attached hydrogens (tertiary/aromatic N) is 2. The van der Waals surface area contributed by atoms with Crippen LogP contribution in [-0.4, -0.2) is 23.5 Å². The molecule has 0 saturated heterocycles. The number of hydrogen-bond donors (Lipinski definition) is 2. The quantitative estimate of drug-likeness (QED) is 0.314. The fourth-order valence-corrected chi connectivity index (χ4v) is 3.90. The van der Waals surface area contributed by atoms with Crippen LogP contribution in [0.5, 0.6) is 0 Å². The van der Waals surface area contributed by atoms with Crippen molar-refractivity contribution < 1.29 is 9.59 Å². The fourth-order valence-electron chi connectivity index (χ4n) is 3.53. The average Bonchev–Trinajstić information content (AvgIpc) is 2.83. The number of amides is 3. The van der Waals surface area contributed by atoms with Crippen molar-refractivity contribution in [3.05, 3.63) is 94.6 Å². The minimum Gasteiger partial charge on any atom is -0.352 e. The average molecular weight is 479 g/mol. The van der Waals surface area contributed by atoms with Gasteiger partial charge in [0.25, 0.3) is 5.91 Å². The van der Waals surface area contributed by atoms with E-state index in [1.165, 1.54) is 4.90 Å². The molecule has 2 N–H and O–H groups in total. The highest BCUT2D eigenvalue weighted by molar-refractivity contribution is 6.45. The molecule has 0 bridgehead atoms. The number of urea groups is 1. The molecule has 0 spiro atoms. The second-order valence-corrected chi connectivity index (χ2v) is 7.82. The lowest BCUT2D eigenvalue weighted by Gasteiger charge is -2.24. The second kappa shape index (κ2) is 9.90. The van der Waals surface area contributed by atoms with Crippen LogP contribution in [0.4, 0.5) is 21.9 Å². The van der Waals surface area contributed by atoms with Gasteiger partial charge in [-0.3, -0.25) is 9.69 Å². The Balaban J connectivity index is 1.86. The van der Waals surface area contributed by atoms with Crippen molar-refractivity contribution in [2.75, 3.05) is 16.8 Å². The molecule has 1 aromatic heterocycles. The van der Waals surface area contributed by atoms with Crippen LogP contribution in [-0.2, 0) is 0 Å². The van der Waals surface area contributed by atoms with Crippen LogP contribution in [0, 0.1) is 0 Å². The first-order valence-corrected chi connectivity index (χ1v) is 11.0. The van der Waals surface area contributed by atoms with Crippen LogP contribution in [0.1, 0.15) is 17.3 Å². The van der Waals surface area contributed by atoms with Crippen LogP contribution in [0.2, 0.25) is 10.2 Å². The maximum absolute atomic E-state index is 13.6. The van der Waals surface area contributed by atoms with E-state index in [0.29, 0.717) is 34.4 Å². The zero-order chi connectivity index (χ0) is 23.4. The van der Waals surface area contributed by atoms with Crippen LogP contribution in [0.15, 0.2) is 78.9 Å². The number of aromatic nitrogens is 1. The smallest absolute Gasteiger partial charge is 0.331 e. The predicted octanol–water partition coefficient (Wildman–Crippen LogP) is 6.66. The van der Waals surface area contributed by atoms with E-state index in [1.807, 2.05) is 67.6 Å². The molecule has 0 aliphatic heterocycles. The van der Waals surface area contributed by atoms with Gasteiger partial charge in [0.1, 0.15) is 10.2 Å². The maximum atomic E-state index is 13.6. The minimum absolute atomic E-state index is 0.0264. The van der Waals surface area contributed by atoms with Crippen LogP contribution in [0.25, 0.3) is 10.9 Å². The summed E-state index contributed by atoms with van der Waals surface area (Å²) >= 11 is 12.8. The minimum atomic E-state index is -0.469. The molecule has 0 atom stereocenters. The molecule has 0 aliphatic rings. The Morgan fingerprint density at radius 1 is 0.879 bits per heavy atom. The summed E-state index contributed by atoms with van der Waals surface area (Å²) in [5.74, 6) is -0.304. The van der Waals surface area contributed by atoms with Gasteiger partial charge in [-0.25, -0.2) is 9.78 Å². The van der Waals surface area contributed by atoms with Gasteiger partial charge in [-0.2, -0.15) is 0 Å². The molecule has 1 heterocycles. The number of para-hydroxylation sites is 2. The van der Waals surface area contributed by atoms with Gasteiger partial charge in [0.15, 0.2) is 0 Å². The largest absolute Gasteiger partial charge is 0.352 e. The van der Waals surface area contributed by atoms with E-state index in [2.05, 4.69) is 15.6 Å². The van der Waals surface area contributed by atoms with Crippen molar-refractivity contribution in [3.63, 3.8) is 0 Å². The zero-order valence-electron chi connectivity index (χ0n) is 17.7. The third-order valence-electron chi connectivity index (χ3n) is 4.96. The summed E-state index contributed by atoms with van der Waals surface area (Å²) in [6.07, 6.45) is 0. The molecule has 0 unspecified atom stereocenters. The SMILES string of the molecule is CCNC(=O)c1cccc2nc(Cl)c(Cl)c(NC(=O)N(c3ccccc3)c3ccccc3)c12. The number of pyridine rings is 1. The highest BCUT2D eigenvalue weighted by atomic mass is 35.5. The van der Waals surface area contributed by atoms with Gasteiger partial charge in [0.2, 0.25) is 0 Å².